The first-order chi connectivity index (χ1) is 11.1. The van der Waals surface area contributed by atoms with Gasteiger partial charge in [0.05, 0.1) is 5.02 Å². The van der Waals surface area contributed by atoms with Crippen molar-refractivity contribution in [2.45, 2.75) is 11.8 Å². The van der Waals surface area contributed by atoms with Gasteiger partial charge in [-0.05, 0) is 35.4 Å². The molecule has 2 aromatic rings. The largest absolute Gasteiger partial charge is 0.328 e. The molecule has 1 heterocycles. The summed E-state index contributed by atoms with van der Waals surface area (Å²) >= 11 is 11.9. The molecule has 1 aliphatic rings. The van der Waals surface area contributed by atoms with E-state index in [4.69, 9.17) is 23.2 Å². The molecule has 0 aliphatic carbocycles. The van der Waals surface area contributed by atoms with Crippen LogP contribution in [0.1, 0.15) is 23.0 Å². The molecule has 2 atom stereocenters. The average molecular weight is 353 g/mol. The van der Waals surface area contributed by atoms with E-state index in [-0.39, 0.29) is 16.9 Å². The van der Waals surface area contributed by atoms with E-state index in [0.29, 0.717) is 23.7 Å². The number of rotatable bonds is 4. The van der Waals surface area contributed by atoms with Gasteiger partial charge < -0.3 is 10.6 Å². The number of hydrogen-bond donors (Lipinski definition) is 2. The quantitative estimate of drug-likeness (QED) is 0.810. The van der Waals surface area contributed by atoms with E-state index >= 15 is 0 Å². The van der Waals surface area contributed by atoms with Gasteiger partial charge in [0.25, 0.3) is 0 Å². The molecule has 3 nitrogen and oxygen atoms in total. The summed E-state index contributed by atoms with van der Waals surface area (Å²) in [5, 5.41) is 6.60. The number of hydrogen-bond acceptors (Lipinski definition) is 2. The van der Waals surface area contributed by atoms with Crippen LogP contribution in [0.25, 0.3) is 0 Å². The van der Waals surface area contributed by atoms with Crippen molar-refractivity contribution in [3.63, 3.8) is 0 Å². The molecule has 0 bridgehead atoms. The fourth-order valence-corrected chi connectivity index (χ4v) is 3.51. The summed E-state index contributed by atoms with van der Waals surface area (Å²) in [5.74, 6) is -0.334. The first kappa shape index (κ1) is 16.2. The fourth-order valence-electron chi connectivity index (χ4n) is 3.15. The Labute approximate surface area is 143 Å². The number of halogens is 3. The van der Waals surface area contributed by atoms with E-state index in [2.05, 4.69) is 10.6 Å². The molecule has 1 amide bonds. The molecule has 1 saturated heterocycles. The summed E-state index contributed by atoms with van der Waals surface area (Å²) in [5.41, 5.74) is 2.35. The second-order valence-corrected chi connectivity index (χ2v) is 6.39. The molecule has 0 aromatic heterocycles. The summed E-state index contributed by atoms with van der Waals surface area (Å²) in [7, 11) is 0. The highest BCUT2D eigenvalue weighted by molar-refractivity contribution is 6.31. The minimum absolute atomic E-state index is 0.0108. The lowest BCUT2D eigenvalue weighted by Gasteiger charge is -2.22. The maximum absolute atomic E-state index is 14.0. The SMILES string of the molecule is O=CNc1cc(Cl)c(F)cc1[C@@H]1CNC[C@@H]1c1cccc(Cl)c1. The van der Waals surface area contributed by atoms with E-state index in [1.165, 1.54) is 12.1 Å². The Bertz CT molecular complexity index is 739. The lowest BCUT2D eigenvalue weighted by molar-refractivity contribution is -0.105. The van der Waals surface area contributed by atoms with Crippen LogP contribution in [0.3, 0.4) is 0 Å². The summed E-state index contributed by atoms with van der Waals surface area (Å²) in [4.78, 5) is 10.9. The normalized spacial score (nSPS) is 20.5. The van der Waals surface area contributed by atoms with Crippen molar-refractivity contribution < 1.29 is 9.18 Å². The predicted octanol–water partition coefficient (Wildman–Crippen LogP) is 4.17. The Morgan fingerprint density at radius 3 is 2.70 bits per heavy atom. The van der Waals surface area contributed by atoms with Gasteiger partial charge in [-0.15, -0.1) is 0 Å². The van der Waals surface area contributed by atoms with E-state index in [1.807, 2.05) is 24.3 Å². The number of carbonyl (C=O) groups is 1. The van der Waals surface area contributed by atoms with Crippen LogP contribution >= 0.6 is 23.2 Å². The van der Waals surface area contributed by atoms with Crippen molar-refractivity contribution in [2.24, 2.45) is 0 Å². The van der Waals surface area contributed by atoms with Crippen molar-refractivity contribution >= 4 is 35.3 Å². The second kappa shape index (κ2) is 6.87. The molecule has 0 unspecified atom stereocenters. The van der Waals surface area contributed by atoms with Gasteiger partial charge in [0.1, 0.15) is 5.82 Å². The van der Waals surface area contributed by atoms with Crippen LogP contribution in [-0.4, -0.2) is 19.5 Å². The van der Waals surface area contributed by atoms with Crippen LogP contribution in [-0.2, 0) is 4.79 Å². The number of anilines is 1. The molecule has 2 N–H and O–H groups in total. The standard InChI is InChI=1S/C17H15Cl2FN2O/c18-11-3-1-2-10(4-11)13-7-21-8-14(13)12-5-16(20)15(19)6-17(12)22-9-23/h1-6,9,13-14,21H,7-8H2,(H,22,23)/t13-,14+/m1/s1. The molecule has 0 radical (unpaired) electrons. The van der Waals surface area contributed by atoms with Crippen molar-refractivity contribution in [2.75, 3.05) is 18.4 Å². The lowest BCUT2D eigenvalue weighted by atomic mass is 9.83. The van der Waals surface area contributed by atoms with Gasteiger partial charge in [-0.2, -0.15) is 0 Å². The molecular formula is C17H15Cl2FN2O. The number of nitrogens with one attached hydrogen (secondary N) is 2. The van der Waals surface area contributed by atoms with Gasteiger partial charge in [-0.3, -0.25) is 4.79 Å². The van der Waals surface area contributed by atoms with Gasteiger partial charge >= 0.3 is 0 Å². The van der Waals surface area contributed by atoms with Gasteiger partial charge in [0.15, 0.2) is 0 Å². The lowest BCUT2D eigenvalue weighted by Crippen LogP contribution is -2.12. The van der Waals surface area contributed by atoms with Crippen LogP contribution in [0, 0.1) is 5.82 Å². The fraction of sp³-hybridized carbons (Fsp3) is 0.235. The molecule has 0 saturated carbocycles. The number of carbonyl (C=O) groups excluding carboxylic acids is 1. The zero-order chi connectivity index (χ0) is 16.4. The highest BCUT2D eigenvalue weighted by Gasteiger charge is 2.32. The Balaban J connectivity index is 2.02. The number of benzene rings is 2. The van der Waals surface area contributed by atoms with Crippen molar-refractivity contribution in [3.8, 4) is 0 Å². The van der Waals surface area contributed by atoms with Gasteiger partial charge in [-0.25, -0.2) is 4.39 Å². The van der Waals surface area contributed by atoms with Crippen molar-refractivity contribution in [1.82, 2.24) is 5.32 Å². The molecule has 1 fully saturated rings. The van der Waals surface area contributed by atoms with E-state index in [9.17, 15) is 9.18 Å². The average Bonchev–Trinajstić information content (AvgIpc) is 3.00. The first-order valence-electron chi connectivity index (χ1n) is 7.25. The van der Waals surface area contributed by atoms with E-state index in [1.54, 1.807) is 0 Å². The maximum atomic E-state index is 14.0. The molecule has 2 aromatic carbocycles. The third kappa shape index (κ3) is 3.34. The van der Waals surface area contributed by atoms with Gasteiger partial charge in [-0.1, -0.05) is 35.3 Å². The zero-order valence-corrected chi connectivity index (χ0v) is 13.7. The highest BCUT2D eigenvalue weighted by atomic mass is 35.5. The highest BCUT2D eigenvalue weighted by Crippen LogP contribution is 2.40. The first-order valence-corrected chi connectivity index (χ1v) is 8.01. The molecule has 0 spiro atoms. The molecule has 6 heteroatoms. The topological polar surface area (TPSA) is 41.1 Å². The molecule has 3 rings (SSSR count). The molecule has 1 aliphatic heterocycles. The Kier molecular flexibility index (Phi) is 4.85. The minimum Gasteiger partial charge on any atom is -0.328 e. The van der Waals surface area contributed by atoms with Crippen LogP contribution in [0.4, 0.5) is 10.1 Å². The Hall–Kier alpha value is -1.62. The monoisotopic (exact) mass is 352 g/mol. The Morgan fingerprint density at radius 2 is 1.96 bits per heavy atom. The van der Waals surface area contributed by atoms with E-state index in [0.717, 1.165) is 17.7 Å². The predicted molar refractivity (Wildman–Crippen MR) is 90.9 cm³/mol. The minimum atomic E-state index is -0.491. The van der Waals surface area contributed by atoms with Crippen molar-refractivity contribution in [3.05, 3.63) is 63.4 Å². The van der Waals surface area contributed by atoms with Crippen LogP contribution in [0.15, 0.2) is 36.4 Å². The van der Waals surface area contributed by atoms with Gasteiger partial charge in [0, 0.05) is 35.6 Å². The number of amides is 1. The van der Waals surface area contributed by atoms with Crippen LogP contribution < -0.4 is 10.6 Å². The zero-order valence-electron chi connectivity index (χ0n) is 12.2. The Morgan fingerprint density at radius 1 is 1.17 bits per heavy atom. The molecular weight excluding hydrogens is 338 g/mol. The van der Waals surface area contributed by atoms with Gasteiger partial charge in [0.2, 0.25) is 6.41 Å². The molecule has 120 valence electrons. The second-order valence-electron chi connectivity index (χ2n) is 5.54. The third-order valence-corrected chi connectivity index (χ3v) is 4.72. The van der Waals surface area contributed by atoms with Crippen LogP contribution in [0.5, 0.6) is 0 Å². The summed E-state index contributed by atoms with van der Waals surface area (Å²) < 4.78 is 14.0. The summed E-state index contributed by atoms with van der Waals surface area (Å²) in [6.45, 7) is 1.45. The smallest absolute Gasteiger partial charge is 0.211 e. The van der Waals surface area contributed by atoms with E-state index < -0.39 is 5.82 Å². The molecule has 23 heavy (non-hydrogen) atoms. The summed E-state index contributed by atoms with van der Waals surface area (Å²) in [6.07, 6.45) is 0.573. The summed E-state index contributed by atoms with van der Waals surface area (Å²) in [6, 6.07) is 10.5. The maximum Gasteiger partial charge on any atom is 0.211 e. The van der Waals surface area contributed by atoms with Crippen LogP contribution in [0.2, 0.25) is 10.0 Å². The van der Waals surface area contributed by atoms with Crippen molar-refractivity contribution in [1.29, 1.82) is 0 Å². The third-order valence-electron chi connectivity index (χ3n) is 4.20.